The van der Waals surface area contributed by atoms with Crippen LogP contribution in [0, 0.1) is 0 Å². The van der Waals surface area contributed by atoms with E-state index < -0.39 is 9.84 Å². The van der Waals surface area contributed by atoms with E-state index in [1.54, 1.807) is 17.8 Å². The predicted octanol–water partition coefficient (Wildman–Crippen LogP) is 4.92. The molecule has 0 amide bonds. The summed E-state index contributed by atoms with van der Waals surface area (Å²) < 4.78 is 24.2. The van der Waals surface area contributed by atoms with Gasteiger partial charge in [0.25, 0.3) is 0 Å². The highest BCUT2D eigenvalue weighted by atomic mass is 35.5. The molecule has 9 heteroatoms. The molecule has 2 aliphatic rings. The molecule has 2 heterocycles. The van der Waals surface area contributed by atoms with Crippen LogP contribution < -0.4 is 0 Å². The number of nitrogens with zero attached hydrogens (tertiary/aromatic N) is 2. The Bertz CT molecular complexity index is 1030. The fourth-order valence-electron chi connectivity index (χ4n) is 3.46. The van der Waals surface area contributed by atoms with Gasteiger partial charge in [0.15, 0.2) is 15.0 Å². The molecule has 1 fully saturated rings. The van der Waals surface area contributed by atoms with E-state index in [9.17, 15) is 8.42 Å². The fourth-order valence-corrected chi connectivity index (χ4v) is 7.13. The summed E-state index contributed by atoms with van der Waals surface area (Å²) in [6, 6.07) is 12.7. The van der Waals surface area contributed by atoms with Crippen LogP contribution in [0.25, 0.3) is 0 Å². The number of benzene rings is 2. The monoisotopic (exact) mass is 474 g/mol. The van der Waals surface area contributed by atoms with E-state index in [2.05, 4.69) is 4.90 Å². The lowest BCUT2D eigenvalue weighted by Gasteiger charge is -2.26. The first kappa shape index (κ1) is 20.4. The zero-order chi connectivity index (χ0) is 19.9. The summed E-state index contributed by atoms with van der Waals surface area (Å²) in [4.78, 5) is 6.84. The Labute approximate surface area is 183 Å². The minimum Gasteiger partial charge on any atom is -0.341 e. The van der Waals surface area contributed by atoms with Crippen LogP contribution in [0.2, 0.25) is 15.1 Å². The molecular weight excluding hydrogens is 459 g/mol. The number of aliphatic imine (C=N–C) groups is 1. The number of thioether (sulfide) groups is 1. The topological polar surface area (TPSA) is 49.7 Å². The van der Waals surface area contributed by atoms with Crippen LogP contribution in [-0.4, -0.2) is 42.1 Å². The average molecular weight is 476 g/mol. The van der Waals surface area contributed by atoms with E-state index in [1.807, 2.05) is 36.4 Å². The first-order valence-electron chi connectivity index (χ1n) is 8.67. The van der Waals surface area contributed by atoms with Crippen LogP contribution in [0.5, 0.6) is 0 Å². The van der Waals surface area contributed by atoms with E-state index >= 15 is 0 Å². The summed E-state index contributed by atoms with van der Waals surface area (Å²) in [6.45, 7) is 0.591. The van der Waals surface area contributed by atoms with Crippen LogP contribution in [0.1, 0.15) is 11.1 Å². The molecule has 0 aliphatic carbocycles. The van der Waals surface area contributed by atoms with Crippen molar-refractivity contribution in [3.8, 4) is 0 Å². The number of hydrogen-bond acceptors (Lipinski definition) is 5. The molecule has 1 saturated heterocycles. The zero-order valence-corrected chi connectivity index (χ0v) is 18.6. The lowest BCUT2D eigenvalue weighted by atomic mass is 10.1. The molecule has 28 heavy (non-hydrogen) atoms. The van der Waals surface area contributed by atoms with Crippen molar-refractivity contribution in [3.63, 3.8) is 0 Å². The lowest BCUT2D eigenvalue weighted by molar-refractivity contribution is 0.343. The second-order valence-corrected chi connectivity index (χ2v) is 11.3. The van der Waals surface area contributed by atoms with E-state index in [-0.39, 0.29) is 23.6 Å². The van der Waals surface area contributed by atoms with Gasteiger partial charge >= 0.3 is 0 Å². The number of hydrogen-bond donors (Lipinski definition) is 0. The van der Waals surface area contributed by atoms with Crippen molar-refractivity contribution in [3.05, 3.63) is 68.7 Å². The highest BCUT2D eigenvalue weighted by molar-refractivity contribution is 8.13. The van der Waals surface area contributed by atoms with Crippen LogP contribution in [-0.2, 0) is 22.1 Å². The van der Waals surface area contributed by atoms with E-state index in [4.69, 9.17) is 39.8 Å². The number of amidine groups is 1. The number of rotatable bonds is 4. The van der Waals surface area contributed by atoms with E-state index in [0.29, 0.717) is 27.4 Å². The highest BCUT2D eigenvalue weighted by Gasteiger charge is 2.46. The molecule has 2 atom stereocenters. The molecule has 148 valence electrons. The van der Waals surface area contributed by atoms with Crippen molar-refractivity contribution < 1.29 is 8.42 Å². The summed E-state index contributed by atoms with van der Waals surface area (Å²) in [6.07, 6.45) is 0. The van der Waals surface area contributed by atoms with Gasteiger partial charge in [-0.2, -0.15) is 0 Å². The van der Waals surface area contributed by atoms with Crippen LogP contribution in [0.15, 0.2) is 47.5 Å². The van der Waals surface area contributed by atoms with Gasteiger partial charge in [0.05, 0.1) is 23.6 Å². The highest BCUT2D eigenvalue weighted by Crippen LogP contribution is 2.34. The Hall–Kier alpha value is -0.920. The van der Waals surface area contributed by atoms with Gasteiger partial charge in [-0.1, -0.05) is 64.8 Å². The van der Waals surface area contributed by atoms with Crippen molar-refractivity contribution in [1.82, 2.24) is 4.90 Å². The summed E-state index contributed by atoms with van der Waals surface area (Å²) in [5, 5.41) is 2.74. The summed E-state index contributed by atoms with van der Waals surface area (Å²) in [7, 11) is -3.05. The molecule has 2 aliphatic heterocycles. The number of halogens is 3. The first-order chi connectivity index (χ1) is 13.3. The number of sulfone groups is 1. The SMILES string of the molecule is O=S1(=O)C[C@H]2N=C(SCc3ccc(Cl)cc3Cl)N(Cc3ccc(Cl)cc3)[C@H]2C1. The van der Waals surface area contributed by atoms with Gasteiger partial charge in [0.2, 0.25) is 0 Å². The molecule has 2 aromatic carbocycles. The van der Waals surface area contributed by atoms with Crippen LogP contribution in [0.3, 0.4) is 0 Å². The van der Waals surface area contributed by atoms with Gasteiger partial charge in [-0.15, -0.1) is 0 Å². The Balaban J connectivity index is 1.55. The second kappa shape index (κ2) is 8.07. The van der Waals surface area contributed by atoms with Crippen LogP contribution in [0.4, 0.5) is 0 Å². The third-order valence-corrected chi connectivity index (χ3v) is 8.45. The fraction of sp³-hybridized carbons (Fsp3) is 0.316. The Morgan fingerprint density at radius 3 is 2.46 bits per heavy atom. The first-order valence-corrected chi connectivity index (χ1v) is 12.6. The normalized spacial score (nSPS) is 23.0. The molecule has 4 nitrogen and oxygen atoms in total. The molecule has 0 radical (unpaired) electrons. The molecule has 0 bridgehead atoms. The van der Waals surface area contributed by atoms with Crippen molar-refractivity contribution in [1.29, 1.82) is 0 Å². The maximum absolute atomic E-state index is 12.1. The van der Waals surface area contributed by atoms with Gasteiger partial charge < -0.3 is 4.90 Å². The molecule has 4 rings (SSSR count). The van der Waals surface area contributed by atoms with Gasteiger partial charge in [-0.05, 0) is 35.4 Å². The third-order valence-electron chi connectivity index (χ3n) is 4.85. The van der Waals surface area contributed by atoms with Crippen molar-refractivity contribution in [2.45, 2.75) is 24.4 Å². The molecule has 0 N–H and O–H groups in total. The maximum Gasteiger partial charge on any atom is 0.160 e. The lowest BCUT2D eigenvalue weighted by Crippen LogP contribution is -2.38. The molecule has 0 aromatic heterocycles. The van der Waals surface area contributed by atoms with E-state index in [1.165, 1.54) is 0 Å². The van der Waals surface area contributed by atoms with Crippen LogP contribution >= 0.6 is 46.6 Å². The molecule has 2 aromatic rings. The second-order valence-electron chi connectivity index (χ2n) is 6.90. The van der Waals surface area contributed by atoms with Crippen molar-refractivity contribution in [2.24, 2.45) is 4.99 Å². The average Bonchev–Trinajstić information content (AvgIpc) is 3.08. The molecule has 0 unspecified atom stereocenters. The van der Waals surface area contributed by atoms with Crippen molar-refractivity contribution >= 4 is 61.6 Å². The van der Waals surface area contributed by atoms with Gasteiger partial charge in [0.1, 0.15) is 0 Å². The summed E-state index contributed by atoms with van der Waals surface area (Å²) >= 11 is 19.8. The third kappa shape index (κ3) is 4.46. The van der Waals surface area contributed by atoms with Crippen molar-refractivity contribution in [2.75, 3.05) is 11.5 Å². The number of fused-ring (bicyclic) bond motifs is 1. The minimum absolute atomic E-state index is 0.112. The zero-order valence-electron chi connectivity index (χ0n) is 14.7. The van der Waals surface area contributed by atoms with E-state index in [0.717, 1.165) is 16.3 Å². The predicted molar refractivity (Wildman–Crippen MR) is 118 cm³/mol. The quantitative estimate of drug-likeness (QED) is 0.630. The van der Waals surface area contributed by atoms with Gasteiger partial charge in [0, 0.05) is 27.4 Å². The molecule has 0 spiro atoms. The molecule has 0 saturated carbocycles. The molecular formula is C19H17Cl3N2O2S2. The van der Waals surface area contributed by atoms with Gasteiger partial charge in [-0.3, -0.25) is 4.99 Å². The Morgan fingerprint density at radius 1 is 1.04 bits per heavy atom. The Kier molecular flexibility index (Phi) is 5.87. The largest absolute Gasteiger partial charge is 0.341 e. The minimum atomic E-state index is -3.05. The summed E-state index contributed by atoms with van der Waals surface area (Å²) in [5.41, 5.74) is 2.03. The maximum atomic E-state index is 12.1. The standard InChI is InChI=1S/C19H17Cl3N2O2S2/c20-14-4-1-12(2-5-14)8-24-18-11-28(25,26)10-17(18)23-19(24)27-9-13-3-6-15(21)7-16(13)22/h1-7,17-18H,8-11H2/t17-,18+/m1/s1. The smallest absolute Gasteiger partial charge is 0.160 e. The van der Waals surface area contributed by atoms with Gasteiger partial charge in [-0.25, -0.2) is 8.42 Å². The Morgan fingerprint density at radius 2 is 1.75 bits per heavy atom. The summed E-state index contributed by atoms with van der Waals surface area (Å²) in [5.74, 6) is 0.888.